The molecule has 0 radical (unpaired) electrons. The van der Waals surface area contributed by atoms with Gasteiger partial charge in [-0.3, -0.25) is 0 Å². The van der Waals surface area contributed by atoms with Crippen molar-refractivity contribution in [3.8, 4) is 0 Å². The molecule has 0 aliphatic heterocycles. The lowest BCUT2D eigenvalue weighted by Crippen LogP contribution is -2.25. The number of esters is 1. The van der Waals surface area contributed by atoms with Gasteiger partial charge in [-0.2, -0.15) is 0 Å². The monoisotopic (exact) mass is 282 g/mol. The summed E-state index contributed by atoms with van der Waals surface area (Å²) in [7, 11) is 0. The molecule has 0 N–H and O–H groups in total. The maximum absolute atomic E-state index is 11.8. The molecule has 0 saturated heterocycles. The number of benzene rings is 1. The molecule has 3 rings (SSSR count). The minimum atomic E-state index is -0.302. The van der Waals surface area contributed by atoms with Crippen molar-refractivity contribution >= 4 is 5.97 Å². The molecule has 0 aromatic heterocycles. The Labute approximate surface area is 126 Å². The number of fused-ring (bicyclic) bond motifs is 2. The van der Waals surface area contributed by atoms with E-state index >= 15 is 0 Å². The van der Waals surface area contributed by atoms with Gasteiger partial charge in [0, 0.05) is 0 Å². The van der Waals surface area contributed by atoms with Gasteiger partial charge in [0.05, 0.1) is 11.8 Å². The SMILES string of the molecule is C=C1C2CCC(C2)C1(C)C/C=C/OC(=O)c1ccccc1. The highest BCUT2D eigenvalue weighted by Gasteiger charge is 2.49. The van der Waals surface area contributed by atoms with Gasteiger partial charge < -0.3 is 4.74 Å². The minimum absolute atomic E-state index is 0.193. The zero-order valence-corrected chi connectivity index (χ0v) is 12.5. The quantitative estimate of drug-likeness (QED) is 0.453. The zero-order valence-electron chi connectivity index (χ0n) is 12.5. The van der Waals surface area contributed by atoms with Crippen molar-refractivity contribution in [2.75, 3.05) is 0 Å². The first-order chi connectivity index (χ1) is 10.1. The van der Waals surface area contributed by atoms with E-state index in [4.69, 9.17) is 4.74 Å². The van der Waals surface area contributed by atoms with Crippen LogP contribution in [-0.2, 0) is 4.74 Å². The number of rotatable bonds is 4. The van der Waals surface area contributed by atoms with E-state index < -0.39 is 0 Å². The summed E-state index contributed by atoms with van der Waals surface area (Å²) in [6.45, 7) is 6.62. The second kappa shape index (κ2) is 5.51. The highest BCUT2D eigenvalue weighted by atomic mass is 16.5. The number of carbonyl (C=O) groups excluding carboxylic acids is 1. The van der Waals surface area contributed by atoms with E-state index in [9.17, 15) is 4.79 Å². The fraction of sp³-hybridized carbons (Fsp3) is 0.421. The third-order valence-corrected chi connectivity index (χ3v) is 5.38. The molecule has 2 bridgehead atoms. The molecule has 2 aliphatic carbocycles. The Morgan fingerprint density at radius 1 is 1.38 bits per heavy atom. The van der Waals surface area contributed by atoms with E-state index in [2.05, 4.69) is 13.5 Å². The molecule has 3 unspecified atom stereocenters. The maximum Gasteiger partial charge on any atom is 0.342 e. The van der Waals surface area contributed by atoms with Crippen LogP contribution in [0.15, 0.2) is 54.8 Å². The summed E-state index contributed by atoms with van der Waals surface area (Å²) in [5.74, 6) is 1.17. The highest BCUT2D eigenvalue weighted by Crippen LogP contribution is 2.60. The first-order valence-corrected chi connectivity index (χ1v) is 7.71. The average Bonchev–Trinajstić information content (AvgIpc) is 3.08. The smallest absolute Gasteiger partial charge is 0.342 e. The number of hydrogen-bond acceptors (Lipinski definition) is 2. The van der Waals surface area contributed by atoms with Crippen LogP contribution in [-0.4, -0.2) is 5.97 Å². The summed E-state index contributed by atoms with van der Waals surface area (Å²) in [4.78, 5) is 11.8. The molecule has 2 nitrogen and oxygen atoms in total. The molecule has 2 saturated carbocycles. The van der Waals surface area contributed by atoms with Crippen molar-refractivity contribution in [3.63, 3.8) is 0 Å². The summed E-state index contributed by atoms with van der Waals surface area (Å²) in [5, 5.41) is 0. The van der Waals surface area contributed by atoms with E-state index in [0.29, 0.717) is 5.56 Å². The molecular formula is C19H22O2. The van der Waals surface area contributed by atoms with Gasteiger partial charge in [-0.05, 0) is 61.1 Å². The predicted molar refractivity (Wildman–Crippen MR) is 83.7 cm³/mol. The van der Waals surface area contributed by atoms with Gasteiger partial charge in [0.15, 0.2) is 0 Å². The lowest BCUT2D eigenvalue weighted by atomic mass is 9.70. The maximum atomic E-state index is 11.8. The van der Waals surface area contributed by atoms with Crippen molar-refractivity contribution in [2.45, 2.75) is 32.6 Å². The lowest BCUT2D eigenvalue weighted by Gasteiger charge is -2.35. The molecule has 110 valence electrons. The molecule has 2 heteroatoms. The van der Waals surface area contributed by atoms with Crippen LogP contribution in [0.4, 0.5) is 0 Å². The fourth-order valence-electron chi connectivity index (χ4n) is 3.95. The van der Waals surface area contributed by atoms with Crippen LogP contribution in [0.25, 0.3) is 0 Å². The average molecular weight is 282 g/mol. The van der Waals surface area contributed by atoms with Crippen molar-refractivity contribution in [1.29, 1.82) is 0 Å². The van der Waals surface area contributed by atoms with Crippen LogP contribution >= 0.6 is 0 Å². The summed E-state index contributed by atoms with van der Waals surface area (Å²) in [5.41, 5.74) is 2.17. The molecule has 21 heavy (non-hydrogen) atoms. The van der Waals surface area contributed by atoms with E-state index in [1.165, 1.54) is 24.8 Å². The summed E-state index contributed by atoms with van der Waals surface area (Å²) >= 11 is 0. The summed E-state index contributed by atoms with van der Waals surface area (Å²) in [6.07, 6.45) is 8.36. The standard InChI is InChI=1S/C19H22O2/c1-14-16-9-10-17(13-16)19(14,2)11-6-12-21-18(20)15-7-4-3-5-8-15/h3-8,12,16-17H,1,9-11,13H2,2H3/b12-6+. The molecule has 1 aromatic rings. The van der Waals surface area contributed by atoms with E-state index in [0.717, 1.165) is 18.3 Å². The fourth-order valence-corrected chi connectivity index (χ4v) is 3.95. The van der Waals surface area contributed by atoms with Crippen LogP contribution in [0, 0.1) is 17.3 Å². The van der Waals surface area contributed by atoms with Gasteiger partial charge in [-0.15, -0.1) is 0 Å². The minimum Gasteiger partial charge on any atom is -0.431 e. The molecule has 0 heterocycles. The second-order valence-corrected chi connectivity index (χ2v) is 6.50. The Morgan fingerprint density at radius 2 is 2.14 bits per heavy atom. The van der Waals surface area contributed by atoms with Gasteiger partial charge in [0.1, 0.15) is 0 Å². The third kappa shape index (κ3) is 2.55. The van der Waals surface area contributed by atoms with E-state index in [1.807, 2.05) is 24.3 Å². The topological polar surface area (TPSA) is 26.3 Å². The lowest BCUT2D eigenvalue weighted by molar-refractivity contribution is 0.0661. The van der Waals surface area contributed by atoms with Crippen LogP contribution in [0.5, 0.6) is 0 Å². The normalized spacial score (nSPS) is 31.0. The van der Waals surface area contributed by atoms with Crippen LogP contribution < -0.4 is 0 Å². The van der Waals surface area contributed by atoms with Crippen LogP contribution in [0.2, 0.25) is 0 Å². The molecule has 2 aliphatic rings. The molecule has 0 spiro atoms. The second-order valence-electron chi connectivity index (χ2n) is 6.50. The van der Waals surface area contributed by atoms with Crippen LogP contribution in [0.1, 0.15) is 43.0 Å². The number of hydrogen-bond donors (Lipinski definition) is 0. The van der Waals surface area contributed by atoms with Gasteiger partial charge >= 0.3 is 5.97 Å². The van der Waals surface area contributed by atoms with Crippen molar-refractivity contribution in [2.24, 2.45) is 17.3 Å². The molecule has 3 atom stereocenters. The predicted octanol–water partition coefficient (Wildman–Crippen LogP) is 4.74. The molecule has 2 fully saturated rings. The summed E-state index contributed by atoms with van der Waals surface area (Å²) in [6, 6.07) is 9.07. The molecule has 1 aromatic carbocycles. The first kappa shape index (κ1) is 14.1. The van der Waals surface area contributed by atoms with Gasteiger partial charge in [-0.1, -0.05) is 37.3 Å². The Kier molecular flexibility index (Phi) is 3.71. The Balaban J connectivity index is 1.56. The number of ether oxygens (including phenoxy) is 1. The van der Waals surface area contributed by atoms with Gasteiger partial charge in [-0.25, -0.2) is 4.79 Å². The Bertz CT molecular complexity index is 572. The van der Waals surface area contributed by atoms with E-state index in [-0.39, 0.29) is 11.4 Å². The highest BCUT2D eigenvalue weighted by molar-refractivity contribution is 5.89. The number of carbonyl (C=O) groups is 1. The number of allylic oxidation sites excluding steroid dienone is 2. The van der Waals surface area contributed by atoms with E-state index in [1.54, 1.807) is 18.4 Å². The van der Waals surface area contributed by atoms with Crippen molar-refractivity contribution in [3.05, 3.63) is 60.4 Å². The Morgan fingerprint density at radius 3 is 2.81 bits per heavy atom. The van der Waals surface area contributed by atoms with Gasteiger partial charge in [0.25, 0.3) is 0 Å². The Hall–Kier alpha value is -1.83. The third-order valence-electron chi connectivity index (χ3n) is 5.38. The molecular weight excluding hydrogens is 260 g/mol. The largest absolute Gasteiger partial charge is 0.431 e. The first-order valence-electron chi connectivity index (χ1n) is 7.71. The van der Waals surface area contributed by atoms with Crippen LogP contribution in [0.3, 0.4) is 0 Å². The summed E-state index contributed by atoms with van der Waals surface area (Å²) < 4.78 is 5.20. The molecule has 0 amide bonds. The van der Waals surface area contributed by atoms with Crippen molar-refractivity contribution in [1.82, 2.24) is 0 Å². The van der Waals surface area contributed by atoms with Gasteiger partial charge in [0.2, 0.25) is 0 Å². The van der Waals surface area contributed by atoms with Crippen molar-refractivity contribution < 1.29 is 9.53 Å². The zero-order chi connectivity index (χ0) is 14.9.